The van der Waals surface area contributed by atoms with Crippen LogP contribution in [0.15, 0.2) is 59.5 Å². The molecule has 2 heterocycles. The van der Waals surface area contributed by atoms with Gasteiger partial charge in [-0.1, -0.05) is 35.6 Å². The predicted octanol–water partition coefficient (Wildman–Crippen LogP) is 3.19. The van der Waals surface area contributed by atoms with Crippen molar-refractivity contribution < 1.29 is 13.2 Å². The minimum atomic E-state index is -3.81. The van der Waals surface area contributed by atoms with Crippen molar-refractivity contribution in [1.29, 1.82) is 5.26 Å². The Bertz CT molecular complexity index is 1220. The molecular formula is C20H17N5O3S2. The lowest BCUT2D eigenvalue weighted by Gasteiger charge is -2.22. The third-order valence-corrected chi connectivity index (χ3v) is 7.65. The highest BCUT2D eigenvalue weighted by Gasteiger charge is 2.38. The first kappa shape index (κ1) is 20.2. The fraction of sp³-hybridized carbons (Fsp3) is 0.200. The number of carbonyl (C=O) groups excluding carboxylic acids is 1. The van der Waals surface area contributed by atoms with Crippen LogP contribution < -0.4 is 5.32 Å². The highest BCUT2D eigenvalue weighted by Crippen LogP contribution is 2.37. The van der Waals surface area contributed by atoms with Crippen LogP contribution in [0.2, 0.25) is 0 Å². The zero-order valence-electron chi connectivity index (χ0n) is 15.7. The quantitative estimate of drug-likeness (QED) is 0.653. The van der Waals surface area contributed by atoms with Crippen molar-refractivity contribution in [1.82, 2.24) is 14.5 Å². The van der Waals surface area contributed by atoms with Crippen molar-refractivity contribution in [3.8, 4) is 6.07 Å². The van der Waals surface area contributed by atoms with Crippen LogP contribution in [0.3, 0.4) is 0 Å². The monoisotopic (exact) mass is 439 g/mol. The summed E-state index contributed by atoms with van der Waals surface area (Å²) in [6.07, 6.45) is 1.26. The molecule has 1 aromatic heterocycles. The number of carbonyl (C=O) groups is 1. The molecule has 0 spiro atoms. The van der Waals surface area contributed by atoms with Crippen LogP contribution in [-0.4, -0.2) is 35.4 Å². The number of hydrogen-bond acceptors (Lipinski definition) is 7. The maximum absolute atomic E-state index is 13.2. The average Bonchev–Trinajstić information content (AvgIpc) is 3.44. The molecule has 8 nitrogen and oxygen atoms in total. The molecule has 0 aliphatic carbocycles. The summed E-state index contributed by atoms with van der Waals surface area (Å²) in [4.78, 5) is 12.5. The number of rotatable bonds is 5. The minimum Gasteiger partial charge on any atom is -0.320 e. The Hall–Kier alpha value is -3.13. The number of hydrogen-bond donors (Lipinski definition) is 1. The molecule has 10 heteroatoms. The topological polar surface area (TPSA) is 116 Å². The van der Waals surface area contributed by atoms with Crippen LogP contribution in [0.5, 0.6) is 0 Å². The summed E-state index contributed by atoms with van der Waals surface area (Å²) in [5.41, 5.74) is 0.921. The number of nitriles is 1. The third-order valence-electron chi connectivity index (χ3n) is 4.73. The molecule has 1 amide bonds. The molecule has 3 aromatic rings. The molecule has 30 heavy (non-hydrogen) atoms. The number of aromatic nitrogens is 2. The first-order valence-corrected chi connectivity index (χ1v) is 11.5. The molecule has 0 bridgehead atoms. The Kier molecular flexibility index (Phi) is 5.59. The van der Waals surface area contributed by atoms with Gasteiger partial charge in [0.15, 0.2) is 0 Å². The first-order chi connectivity index (χ1) is 14.5. The molecule has 0 saturated carbocycles. The van der Waals surface area contributed by atoms with E-state index in [0.29, 0.717) is 30.1 Å². The Labute approximate surface area is 177 Å². The van der Waals surface area contributed by atoms with Gasteiger partial charge in [-0.05, 0) is 43.2 Å². The third kappa shape index (κ3) is 3.95. The van der Waals surface area contributed by atoms with Crippen LogP contribution in [0, 0.1) is 11.3 Å². The van der Waals surface area contributed by atoms with Crippen molar-refractivity contribution >= 4 is 33.0 Å². The van der Waals surface area contributed by atoms with Gasteiger partial charge in [-0.15, -0.1) is 10.2 Å². The van der Waals surface area contributed by atoms with E-state index in [2.05, 4.69) is 15.5 Å². The largest absolute Gasteiger partial charge is 0.320 e. The van der Waals surface area contributed by atoms with E-state index in [1.54, 1.807) is 24.3 Å². The first-order valence-electron chi connectivity index (χ1n) is 9.21. The second-order valence-electron chi connectivity index (χ2n) is 6.68. The molecule has 1 N–H and O–H groups in total. The molecule has 152 valence electrons. The van der Waals surface area contributed by atoms with Crippen molar-refractivity contribution in [2.75, 3.05) is 11.9 Å². The van der Waals surface area contributed by atoms with Crippen molar-refractivity contribution in [3.63, 3.8) is 0 Å². The number of amides is 1. The number of nitrogens with one attached hydrogen (secondary N) is 1. The Morgan fingerprint density at radius 1 is 1.17 bits per heavy atom. The molecule has 4 rings (SSSR count). The number of nitrogens with zero attached hydrogens (tertiary/aromatic N) is 4. The summed E-state index contributed by atoms with van der Waals surface area (Å²) in [6, 6.07) is 16.4. The van der Waals surface area contributed by atoms with Gasteiger partial charge in [0.25, 0.3) is 5.91 Å². The van der Waals surface area contributed by atoms with Crippen molar-refractivity contribution in [3.05, 3.63) is 70.2 Å². The maximum atomic E-state index is 13.2. The SMILES string of the molecule is N#Cc1cccc(S(=O)(=O)N2CCC[C@@H]2c2nnc(C(=O)Nc3ccccc3)s2)c1. The fourth-order valence-electron chi connectivity index (χ4n) is 3.30. The molecule has 1 saturated heterocycles. The van der Waals surface area contributed by atoms with E-state index < -0.39 is 16.1 Å². The Morgan fingerprint density at radius 2 is 1.97 bits per heavy atom. The van der Waals surface area contributed by atoms with Crippen molar-refractivity contribution in [2.24, 2.45) is 0 Å². The van der Waals surface area contributed by atoms with Gasteiger partial charge >= 0.3 is 0 Å². The average molecular weight is 440 g/mol. The lowest BCUT2D eigenvalue weighted by Crippen LogP contribution is -2.30. The van der Waals surface area contributed by atoms with E-state index >= 15 is 0 Å². The molecule has 1 atom stereocenters. The summed E-state index contributed by atoms with van der Waals surface area (Å²) in [6.45, 7) is 0.342. The van der Waals surface area contributed by atoms with E-state index in [1.807, 2.05) is 24.3 Å². The second-order valence-corrected chi connectivity index (χ2v) is 9.58. The molecule has 0 unspecified atom stereocenters. The fourth-order valence-corrected chi connectivity index (χ4v) is 5.96. The highest BCUT2D eigenvalue weighted by atomic mass is 32.2. The maximum Gasteiger partial charge on any atom is 0.286 e. The number of sulfonamides is 1. The molecular weight excluding hydrogens is 422 g/mol. The zero-order valence-corrected chi connectivity index (χ0v) is 17.4. The molecule has 1 aliphatic heterocycles. The van der Waals surface area contributed by atoms with Gasteiger partial charge in [0.05, 0.1) is 22.6 Å². The van der Waals surface area contributed by atoms with Gasteiger partial charge < -0.3 is 5.32 Å². The highest BCUT2D eigenvalue weighted by molar-refractivity contribution is 7.89. The van der Waals surface area contributed by atoms with Gasteiger partial charge in [0.2, 0.25) is 15.0 Å². The van der Waals surface area contributed by atoms with Gasteiger partial charge in [0.1, 0.15) is 5.01 Å². The lowest BCUT2D eigenvalue weighted by molar-refractivity contribution is 0.102. The Balaban J connectivity index is 1.57. The van der Waals surface area contributed by atoms with Crippen molar-refractivity contribution in [2.45, 2.75) is 23.8 Å². The lowest BCUT2D eigenvalue weighted by atomic mass is 10.2. The normalized spacial score (nSPS) is 16.8. The van der Waals surface area contributed by atoms with Crippen LogP contribution in [-0.2, 0) is 10.0 Å². The van der Waals surface area contributed by atoms with E-state index in [9.17, 15) is 13.2 Å². The summed E-state index contributed by atoms with van der Waals surface area (Å²) in [5.74, 6) is -0.390. The molecule has 1 aliphatic rings. The summed E-state index contributed by atoms with van der Waals surface area (Å²) < 4.78 is 27.7. The van der Waals surface area contributed by atoms with E-state index in [-0.39, 0.29) is 21.4 Å². The van der Waals surface area contributed by atoms with Gasteiger partial charge in [-0.3, -0.25) is 4.79 Å². The zero-order chi connectivity index (χ0) is 21.1. The summed E-state index contributed by atoms with van der Waals surface area (Å²) in [7, 11) is -3.81. The minimum absolute atomic E-state index is 0.0695. The number of para-hydroxylation sites is 1. The Morgan fingerprint density at radius 3 is 2.73 bits per heavy atom. The summed E-state index contributed by atoms with van der Waals surface area (Å²) in [5, 5.41) is 20.5. The second kappa shape index (κ2) is 8.31. The van der Waals surface area contributed by atoms with Crippen LogP contribution >= 0.6 is 11.3 Å². The molecule has 1 fully saturated rings. The van der Waals surface area contributed by atoms with Crippen LogP contribution in [0.4, 0.5) is 5.69 Å². The van der Waals surface area contributed by atoms with E-state index in [1.165, 1.54) is 16.4 Å². The van der Waals surface area contributed by atoms with Crippen LogP contribution in [0.1, 0.15) is 39.3 Å². The van der Waals surface area contributed by atoms with Gasteiger partial charge in [-0.2, -0.15) is 9.57 Å². The van der Waals surface area contributed by atoms with E-state index in [0.717, 1.165) is 11.3 Å². The standard InChI is InChI=1S/C20H17N5O3S2/c21-13-14-6-4-9-16(12-14)30(27,28)25-11-5-10-17(25)19-23-24-20(29-19)18(26)22-15-7-2-1-3-8-15/h1-4,6-9,12,17H,5,10-11H2,(H,22,26)/t17-/m1/s1. The predicted molar refractivity (Wildman–Crippen MR) is 111 cm³/mol. The smallest absolute Gasteiger partial charge is 0.286 e. The number of anilines is 1. The van der Waals surface area contributed by atoms with Gasteiger partial charge in [0, 0.05) is 12.2 Å². The molecule has 0 radical (unpaired) electrons. The summed E-state index contributed by atoms with van der Waals surface area (Å²) >= 11 is 1.09. The van der Waals surface area contributed by atoms with E-state index in [4.69, 9.17) is 5.26 Å². The molecule has 2 aromatic carbocycles. The van der Waals surface area contributed by atoms with Crippen LogP contribution in [0.25, 0.3) is 0 Å². The number of benzene rings is 2. The van der Waals surface area contributed by atoms with Gasteiger partial charge in [-0.25, -0.2) is 8.42 Å².